The number of anilines is 4. The lowest BCUT2D eigenvalue weighted by Crippen LogP contribution is -2.37. The number of benzene rings is 1. The summed E-state index contributed by atoms with van der Waals surface area (Å²) in [6.07, 6.45) is 2.10. The highest BCUT2D eigenvalue weighted by atomic mass is 32.2. The van der Waals surface area contributed by atoms with Gasteiger partial charge in [-0.3, -0.25) is 10.2 Å². The molecule has 204 valence electrons. The van der Waals surface area contributed by atoms with Crippen LogP contribution in [0, 0.1) is 6.92 Å². The van der Waals surface area contributed by atoms with Crippen molar-refractivity contribution in [1.82, 2.24) is 19.9 Å². The van der Waals surface area contributed by atoms with Gasteiger partial charge in [-0.15, -0.1) is 0 Å². The largest absolute Gasteiger partial charge is 0.477 e. The normalized spacial score (nSPS) is 14.3. The Morgan fingerprint density at radius 3 is 2.42 bits per heavy atom. The molecule has 0 saturated carbocycles. The number of nitrogens with one attached hydrogen (secondary N) is 3. The molecule has 3 heterocycles. The molecule has 1 aliphatic rings. The van der Waals surface area contributed by atoms with E-state index in [9.17, 15) is 18.3 Å². The monoisotopic (exact) mass is 561 g/mol. The lowest BCUT2D eigenvalue weighted by Gasteiger charge is -2.26. The average Bonchev–Trinajstić information content (AvgIpc) is 3.25. The van der Waals surface area contributed by atoms with E-state index in [1.165, 1.54) is 6.26 Å². The van der Waals surface area contributed by atoms with Crippen LogP contribution in [-0.2, 0) is 21.1 Å². The zero-order chi connectivity index (χ0) is 27.1. The highest BCUT2D eigenvalue weighted by Gasteiger charge is 2.16. The van der Waals surface area contributed by atoms with Crippen LogP contribution in [0.2, 0.25) is 0 Å². The molecule has 4 rings (SSSR count). The zero-order valence-electron chi connectivity index (χ0n) is 21.2. The number of morpholine rings is 1. The van der Waals surface area contributed by atoms with Gasteiger partial charge in [0.05, 0.1) is 23.8 Å². The number of carbonyl (C=O) groups is 1. The van der Waals surface area contributed by atoms with E-state index in [0.29, 0.717) is 35.6 Å². The van der Waals surface area contributed by atoms with E-state index in [1.807, 2.05) is 0 Å². The molecule has 14 heteroatoms. The molecule has 0 unspecified atom stereocenters. The number of carboxylic acid groups (broad SMARTS) is 1. The molecular formula is C24H31N7O5S2. The fourth-order valence-electron chi connectivity index (χ4n) is 3.82. The van der Waals surface area contributed by atoms with Crippen molar-refractivity contribution in [3.05, 3.63) is 46.5 Å². The van der Waals surface area contributed by atoms with Gasteiger partial charge in [0.15, 0.2) is 15.0 Å². The van der Waals surface area contributed by atoms with Gasteiger partial charge in [-0.05, 0) is 37.6 Å². The minimum Gasteiger partial charge on any atom is -0.477 e. The van der Waals surface area contributed by atoms with E-state index < -0.39 is 15.8 Å². The third kappa shape index (κ3) is 7.84. The van der Waals surface area contributed by atoms with Crippen molar-refractivity contribution in [3.63, 3.8) is 0 Å². The van der Waals surface area contributed by atoms with Gasteiger partial charge in [0.1, 0.15) is 16.5 Å². The van der Waals surface area contributed by atoms with Gasteiger partial charge in [0.25, 0.3) is 0 Å². The van der Waals surface area contributed by atoms with E-state index in [0.717, 1.165) is 56.2 Å². The molecule has 0 amide bonds. The van der Waals surface area contributed by atoms with Crippen LogP contribution in [0.4, 0.5) is 22.7 Å². The van der Waals surface area contributed by atoms with Crippen LogP contribution in [0.15, 0.2) is 35.2 Å². The molecule has 12 nitrogen and oxygen atoms in total. The minimum absolute atomic E-state index is 0.154. The number of aryl methyl sites for hydroxylation is 1. The molecule has 0 atom stereocenters. The maximum atomic E-state index is 11.7. The number of hydrogen-bond donors (Lipinski definition) is 4. The minimum atomic E-state index is -3.26. The summed E-state index contributed by atoms with van der Waals surface area (Å²) in [5.41, 5.74) is 1.30. The third-order valence-electron chi connectivity index (χ3n) is 5.82. The first-order chi connectivity index (χ1) is 18.2. The lowest BCUT2D eigenvalue weighted by atomic mass is 10.2. The summed E-state index contributed by atoms with van der Waals surface area (Å²) in [5.74, 6) is 0.376. The number of aromatic carboxylic acids is 1. The van der Waals surface area contributed by atoms with E-state index in [4.69, 9.17) is 4.74 Å². The smallest absolute Gasteiger partial charge is 0.347 e. The van der Waals surface area contributed by atoms with Crippen LogP contribution in [0.3, 0.4) is 0 Å². The van der Waals surface area contributed by atoms with Gasteiger partial charge in [-0.1, -0.05) is 23.5 Å². The second-order valence-electron chi connectivity index (χ2n) is 8.83. The number of sulfone groups is 1. The molecule has 38 heavy (non-hydrogen) atoms. The molecule has 1 aromatic carbocycles. The predicted molar refractivity (Wildman–Crippen MR) is 146 cm³/mol. The van der Waals surface area contributed by atoms with Crippen LogP contribution in [0.1, 0.15) is 27.3 Å². The first kappa shape index (κ1) is 27.7. The molecule has 1 fully saturated rings. The predicted octanol–water partition coefficient (Wildman–Crippen LogP) is 2.83. The van der Waals surface area contributed by atoms with Gasteiger partial charge in [0, 0.05) is 38.5 Å². The number of carboxylic acids is 1. The molecule has 0 bridgehead atoms. The maximum absolute atomic E-state index is 11.7. The highest BCUT2D eigenvalue weighted by Crippen LogP contribution is 2.26. The lowest BCUT2D eigenvalue weighted by molar-refractivity contribution is 0.0378. The molecule has 0 radical (unpaired) electrons. The van der Waals surface area contributed by atoms with Crippen LogP contribution >= 0.6 is 11.3 Å². The Bertz CT molecular complexity index is 1360. The molecule has 0 spiro atoms. The first-order valence-corrected chi connectivity index (χ1v) is 14.8. The fourth-order valence-corrected chi connectivity index (χ4v) is 5.25. The summed E-state index contributed by atoms with van der Waals surface area (Å²) in [4.78, 5) is 27.5. The quantitative estimate of drug-likeness (QED) is 0.240. The second-order valence-corrected chi connectivity index (χ2v) is 11.8. The first-order valence-electron chi connectivity index (χ1n) is 12.1. The fraction of sp³-hybridized carbons (Fsp3) is 0.417. The number of hydrogen-bond acceptors (Lipinski definition) is 12. The maximum Gasteiger partial charge on any atom is 0.347 e. The van der Waals surface area contributed by atoms with Gasteiger partial charge in [-0.2, -0.15) is 9.97 Å². The van der Waals surface area contributed by atoms with E-state index in [-0.39, 0.29) is 15.7 Å². The van der Waals surface area contributed by atoms with Crippen LogP contribution in [0.25, 0.3) is 0 Å². The third-order valence-corrected chi connectivity index (χ3v) is 8.01. The number of aromatic nitrogens is 3. The van der Waals surface area contributed by atoms with Crippen LogP contribution < -0.4 is 16.0 Å². The summed E-state index contributed by atoms with van der Waals surface area (Å²) >= 11 is 1.02. The second kappa shape index (κ2) is 12.5. The zero-order valence-corrected chi connectivity index (χ0v) is 22.9. The summed E-state index contributed by atoms with van der Waals surface area (Å²) in [7, 11) is -3.26. The summed E-state index contributed by atoms with van der Waals surface area (Å²) in [6, 6.07) is 8.44. The molecule has 3 aromatic rings. The van der Waals surface area contributed by atoms with Crippen molar-refractivity contribution >= 4 is 49.9 Å². The van der Waals surface area contributed by atoms with Crippen molar-refractivity contribution in [2.75, 3.05) is 61.6 Å². The van der Waals surface area contributed by atoms with Crippen molar-refractivity contribution in [1.29, 1.82) is 0 Å². The molecule has 1 aliphatic heterocycles. The molecule has 0 aliphatic carbocycles. The Morgan fingerprint density at radius 2 is 1.79 bits per heavy atom. The number of rotatable bonds is 12. The van der Waals surface area contributed by atoms with Crippen molar-refractivity contribution in [3.8, 4) is 0 Å². The van der Waals surface area contributed by atoms with E-state index >= 15 is 0 Å². The molecule has 1 saturated heterocycles. The van der Waals surface area contributed by atoms with Crippen LogP contribution in [-0.4, -0.2) is 85.0 Å². The standard InChI is InChI=1S/C24H31N7O5S2/c1-16-21(22(32)33)37-24(27-16)30-23-28-19(25-8-3-9-31-10-12-36-13-11-31)14-20(29-23)26-15-17-4-6-18(7-5-17)38(2,34)35/h4-7,14H,3,8-13,15H2,1-2H3,(H,32,33)(H3,25,26,27,28,29,30). The number of ether oxygens (including phenoxy) is 1. The Hall–Kier alpha value is -3.33. The van der Waals surface area contributed by atoms with E-state index in [1.54, 1.807) is 37.3 Å². The van der Waals surface area contributed by atoms with Crippen molar-refractivity contribution in [2.24, 2.45) is 0 Å². The van der Waals surface area contributed by atoms with Gasteiger partial charge < -0.3 is 20.5 Å². The Balaban J connectivity index is 1.45. The molecular weight excluding hydrogens is 530 g/mol. The summed E-state index contributed by atoms with van der Waals surface area (Å²) in [5, 5.41) is 19.3. The topological polar surface area (TPSA) is 159 Å². The van der Waals surface area contributed by atoms with Crippen LogP contribution in [0.5, 0.6) is 0 Å². The van der Waals surface area contributed by atoms with Gasteiger partial charge in [-0.25, -0.2) is 18.2 Å². The van der Waals surface area contributed by atoms with E-state index in [2.05, 4.69) is 35.8 Å². The number of nitrogens with zero attached hydrogens (tertiary/aromatic N) is 4. The van der Waals surface area contributed by atoms with Crippen molar-refractivity contribution in [2.45, 2.75) is 24.8 Å². The highest BCUT2D eigenvalue weighted by molar-refractivity contribution is 7.90. The van der Waals surface area contributed by atoms with Crippen molar-refractivity contribution < 1.29 is 23.1 Å². The number of thiazole rings is 1. The molecule has 4 N–H and O–H groups in total. The Labute approximate surface area is 225 Å². The SMILES string of the molecule is Cc1nc(Nc2nc(NCCCN3CCOCC3)cc(NCc3ccc(S(C)(=O)=O)cc3)n2)sc1C(=O)O. The molecule has 2 aromatic heterocycles. The Kier molecular flexibility index (Phi) is 9.09. The average molecular weight is 562 g/mol. The summed E-state index contributed by atoms with van der Waals surface area (Å²) in [6.45, 7) is 7.12. The van der Waals surface area contributed by atoms with Gasteiger partial charge in [0.2, 0.25) is 5.95 Å². The Morgan fingerprint density at radius 1 is 1.11 bits per heavy atom. The van der Waals surface area contributed by atoms with Gasteiger partial charge >= 0.3 is 5.97 Å². The summed E-state index contributed by atoms with van der Waals surface area (Å²) < 4.78 is 28.8.